The molecule has 11 heavy (non-hydrogen) atoms. The molecule has 0 aromatic rings. The average Bonchev–Trinajstić information content (AvgIpc) is 1.99. The van der Waals surface area contributed by atoms with Gasteiger partial charge in [0.25, 0.3) is 0 Å². The topological polar surface area (TPSA) is 51.2 Å². The smallest absolute Gasteiger partial charge is 0.198 e. The fourth-order valence-electron chi connectivity index (χ4n) is 0.603. The van der Waals surface area contributed by atoms with Crippen molar-refractivity contribution in [2.24, 2.45) is 5.92 Å². The molecule has 0 aliphatic heterocycles. The molecule has 0 rings (SSSR count). The van der Waals surface area contributed by atoms with Crippen molar-refractivity contribution < 1.29 is 14.4 Å². The molecule has 0 spiro atoms. The number of aldehydes is 1. The van der Waals surface area contributed by atoms with Gasteiger partial charge in [0.1, 0.15) is 6.29 Å². The average molecular weight is 156 g/mol. The molecule has 0 saturated heterocycles. The molecule has 0 aromatic heterocycles. The van der Waals surface area contributed by atoms with E-state index in [2.05, 4.69) is 0 Å². The van der Waals surface area contributed by atoms with Crippen LogP contribution in [0.5, 0.6) is 0 Å². The summed E-state index contributed by atoms with van der Waals surface area (Å²) in [5, 5.41) is 0. The fourth-order valence-corrected chi connectivity index (χ4v) is 0.603. The van der Waals surface area contributed by atoms with Gasteiger partial charge in [0.15, 0.2) is 11.6 Å². The lowest BCUT2D eigenvalue weighted by Gasteiger charge is -1.99. The summed E-state index contributed by atoms with van der Waals surface area (Å²) in [7, 11) is 0. The predicted octanol–water partition coefficient (Wildman–Crippen LogP) is 0.760. The molecule has 3 heteroatoms. The molecule has 62 valence electrons. The van der Waals surface area contributed by atoms with Crippen molar-refractivity contribution in [3.63, 3.8) is 0 Å². The van der Waals surface area contributed by atoms with Gasteiger partial charge in [-0.05, 0) is 6.42 Å². The second kappa shape index (κ2) is 4.77. The summed E-state index contributed by atoms with van der Waals surface area (Å²) in [5.74, 6) is -0.944. The summed E-state index contributed by atoms with van der Waals surface area (Å²) in [6.07, 6.45) is 1.45. The van der Waals surface area contributed by atoms with Crippen LogP contribution in [0.3, 0.4) is 0 Å². The van der Waals surface area contributed by atoms with Gasteiger partial charge in [0.05, 0.1) is 0 Å². The number of carbonyl (C=O) groups is 3. The maximum Gasteiger partial charge on any atom is 0.198 e. The van der Waals surface area contributed by atoms with Crippen LogP contribution < -0.4 is 0 Å². The first-order valence-corrected chi connectivity index (χ1v) is 3.57. The lowest BCUT2D eigenvalue weighted by Crippen LogP contribution is -2.10. The second-order valence-corrected chi connectivity index (χ2v) is 2.63. The zero-order valence-electron chi connectivity index (χ0n) is 6.79. The summed E-state index contributed by atoms with van der Waals surface area (Å²) in [5.41, 5.74) is 0. The highest BCUT2D eigenvalue weighted by Gasteiger charge is 2.09. The fraction of sp³-hybridized carbons (Fsp3) is 0.625. The van der Waals surface area contributed by atoms with Gasteiger partial charge < -0.3 is 4.79 Å². The van der Waals surface area contributed by atoms with Gasteiger partial charge in [-0.2, -0.15) is 0 Å². The van der Waals surface area contributed by atoms with E-state index in [1.165, 1.54) is 6.92 Å². The highest BCUT2D eigenvalue weighted by molar-refractivity contribution is 6.36. The lowest BCUT2D eigenvalue weighted by atomic mass is 10.0. The van der Waals surface area contributed by atoms with E-state index in [-0.39, 0.29) is 12.3 Å². The van der Waals surface area contributed by atoms with Crippen LogP contribution in [0.25, 0.3) is 0 Å². The quantitative estimate of drug-likeness (QED) is 0.436. The maximum atomic E-state index is 10.7. The first-order chi connectivity index (χ1) is 5.07. The Balaban J connectivity index is 3.62. The lowest BCUT2D eigenvalue weighted by molar-refractivity contribution is -0.135. The van der Waals surface area contributed by atoms with E-state index in [1.807, 2.05) is 0 Å². The van der Waals surface area contributed by atoms with Gasteiger partial charge in [0, 0.05) is 19.3 Å². The number of ketones is 2. The number of carbonyl (C=O) groups excluding carboxylic acids is 3. The summed E-state index contributed by atoms with van der Waals surface area (Å²) in [4.78, 5) is 31.2. The van der Waals surface area contributed by atoms with Gasteiger partial charge in [-0.25, -0.2) is 0 Å². The Kier molecular flexibility index (Phi) is 4.34. The first kappa shape index (κ1) is 10.0. The summed E-state index contributed by atoms with van der Waals surface area (Å²) < 4.78 is 0. The third kappa shape index (κ3) is 4.42. The Morgan fingerprint density at radius 1 is 1.45 bits per heavy atom. The Bertz CT molecular complexity index is 172. The minimum absolute atomic E-state index is 0.127. The Morgan fingerprint density at radius 3 is 2.36 bits per heavy atom. The van der Waals surface area contributed by atoms with Crippen LogP contribution in [0, 0.1) is 5.92 Å². The minimum atomic E-state index is -0.428. The molecule has 0 aliphatic carbocycles. The molecule has 0 aliphatic rings. The van der Waals surface area contributed by atoms with Crippen LogP contribution in [0.4, 0.5) is 0 Å². The van der Waals surface area contributed by atoms with Crippen molar-refractivity contribution in [2.75, 3.05) is 0 Å². The summed E-state index contributed by atoms with van der Waals surface area (Å²) >= 11 is 0. The van der Waals surface area contributed by atoms with Gasteiger partial charge in [-0.3, -0.25) is 9.59 Å². The van der Waals surface area contributed by atoms with Crippen LogP contribution in [-0.4, -0.2) is 17.9 Å². The summed E-state index contributed by atoms with van der Waals surface area (Å²) in [6.45, 7) is 2.97. The zero-order valence-corrected chi connectivity index (χ0v) is 6.79. The molecule has 0 heterocycles. The third-order valence-corrected chi connectivity index (χ3v) is 1.45. The van der Waals surface area contributed by atoms with E-state index in [9.17, 15) is 14.4 Å². The molecular weight excluding hydrogens is 144 g/mol. The van der Waals surface area contributed by atoms with E-state index in [0.717, 1.165) is 6.29 Å². The van der Waals surface area contributed by atoms with E-state index in [1.54, 1.807) is 6.92 Å². The molecule has 0 bridgehead atoms. The molecule has 0 fully saturated rings. The number of hydrogen-bond donors (Lipinski definition) is 0. The predicted molar refractivity (Wildman–Crippen MR) is 40.2 cm³/mol. The molecular formula is C8H12O3. The molecule has 0 saturated carbocycles. The molecule has 1 unspecified atom stereocenters. The van der Waals surface area contributed by atoms with E-state index in [0.29, 0.717) is 6.42 Å². The molecule has 0 aromatic carbocycles. The molecule has 3 nitrogen and oxygen atoms in total. The van der Waals surface area contributed by atoms with Crippen LogP contribution in [0.15, 0.2) is 0 Å². The highest BCUT2D eigenvalue weighted by Crippen LogP contribution is 2.02. The van der Waals surface area contributed by atoms with Gasteiger partial charge in [-0.15, -0.1) is 0 Å². The Hall–Kier alpha value is -0.990. The molecule has 0 amide bonds. The largest absolute Gasteiger partial charge is 0.303 e. The Labute approximate surface area is 65.8 Å². The number of Topliss-reactive ketones (excluding diaryl/α,β-unsaturated/α-hetero) is 2. The standard InChI is InChI=1S/C8H12O3/c1-6(5-9)3-4-8(11)7(2)10/h5-6H,3-4H2,1-2H3. The van der Waals surface area contributed by atoms with Gasteiger partial charge >= 0.3 is 0 Å². The zero-order chi connectivity index (χ0) is 8.85. The van der Waals surface area contributed by atoms with Crippen LogP contribution >= 0.6 is 0 Å². The maximum absolute atomic E-state index is 10.7. The van der Waals surface area contributed by atoms with Crippen molar-refractivity contribution in [1.29, 1.82) is 0 Å². The van der Waals surface area contributed by atoms with Crippen molar-refractivity contribution in [3.05, 3.63) is 0 Å². The van der Waals surface area contributed by atoms with Gasteiger partial charge in [-0.1, -0.05) is 6.92 Å². The van der Waals surface area contributed by atoms with E-state index in [4.69, 9.17) is 0 Å². The van der Waals surface area contributed by atoms with Crippen molar-refractivity contribution in [2.45, 2.75) is 26.7 Å². The third-order valence-electron chi connectivity index (χ3n) is 1.45. The monoisotopic (exact) mass is 156 g/mol. The minimum Gasteiger partial charge on any atom is -0.303 e. The normalized spacial score (nSPS) is 12.2. The van der Waals surface area contributed by atoms with Crippen molar-refractivity contribution >= 4 is 17.9 Å². The highest BCUT2D eigenvalue weighted by atomic mass is 16.2. The van der Waals surface area contributed by atoms with Crippen molar-refractivity contribution in [3.8, 4) is 0 Å². The molecule has 0 radical (unpaired) electrons. The second-order valence-electron chi connectivity index (χ2n) is 2.63. The Morgan fingerprint density at radius 2 is 2.00 bits per heavy atom. The SMILES string of the molecule is CC(=O)C(=O)CCC(C)C=O. The number of rotatable bonds is 5. The van der Waals surface area contributed by atoms with E-state index < -0.39 is 11.6 Å². The van der Waals surface area contributed by atoms with Crippen LogP contribution in [0.1, 0.15) is 26.7 Å². The van der Waals surface area contributed by atoms with Crippen LogP contribution in [0.2, 0.25) is 0 Å². The first-order valence-electron chi connectivity index (χ1n) is 3.57. The van der Waals surface area contributed by atoms with Gasteiger partial charge in [0.2, 0.25) is 0 Å². The van der Waals surface area contributed by atoms with Crippen LogP contribution in [-0.2, 0) is 14.4 Å². The number of hydrogen-bond acceptors (Lipinski definition) is 3. The van der Waals surface area contributed by atoms with E-state index >= 15 is 0 Å². The summed E-state index contributed by atoms with van der Waals surface area (Å²) in [6, 6.07) is 0. The van der Waals surface area contributed by atoms with Crippen molar-refractivity contribution in [1.82, 2.24) is 0 Å². The molecule has 0 N–H and O–H groups in total. The molecule has 1 atom stereocenters.